The highest BCUT2D eigenvalue weighted by molar-refractivity contribution is 5.85. The molecule has 0 bridgehead atoms. The van der Waals surface area contributed by atoms with Gasteiger partial charge in [0, 0.05) is 6.54 Å². The van der Waals surface area contributed by atoms with E-state index in [4.69, 9.17) is 5.26 Å². The summed E-state index contributed by atoms with van der Waals surface area (Å²) in [4.78, 5) is 11.7. The van der Waals surface area contributed by atoms with E-state index in [9.17, 15) is 4.79 Å². The second kappa shape index (κ2) is 5.13. The molecule has 0 heterocycles. The van der Waals surface area contributed by atoms with Gasteiger partial charge in [-0.1, -0.05) is 6.92 Å². The van der Waals surface area contributed by atoms with Gasteiger partial charge in [0.05, 0.1) is 17.0 Å². The first kappa shape index (κ1) is 13.9. The first-order chi connectivity index (χ1) is 6.75. The maximum atomic E-state index is 11.7. The summed E-state index contributed by atoms with van der Waals surface area (Å²) in [5.74, 6) is -0.0762. The maximum Gasteiger partial charge on any atom is 0.239 e. The molecule has 4 heteroatoms. The monoisotopic (exact) mass is 211 g/mol. The summed E-state index contributed by atoms with van der Waals surface area (Å²) in [6.45, 7) is 10.3. The van der Waals surface area contributed by atoms with Crippen molar-refractivity contribution in [2.24, 2.45) is 5.41 Å². The molecule has 0 radical (unpaired) electrons. The summed E-state index contributed by atoms with van der Waals surface area (Å²) in [7, 11) is 0. The highest BCUT2D eigenvalue weighted by Gasteiger charge is 2.27. The van der Waals surface area contributed by atoms with Gasteiger partial charge in [0.2, 0.25) is 5.91 Å². The molecular formula is C11H21N3O. The highest BCUT2D eigenvalue weighted by Crippen LogP contribution is 2.11. The van der Waals surface area contributed by atoms with Gasteiger partial charge in [0.1, 0.15) is 0 Å². The molecule has 0 aliphatic heterocycles. The minimum Gasteiger partial charge on any atom is -0.353 e. The Balaban J connectivity index is 4.22. The fourth-order valence-corrected chi connectivity index (χ4v) is 1.08. The molecule has 0 rings (SSSR count). The molecule has 0 unspecified atom stereocenters. The predicted octanol–water partition coefficient (Wildman–Crippen LogP) is 1.04. The molecular weight excluding hydrogens is 190 g/mol. The molecule has 1 amide bonds. The van der Waals surface area contributed by atoms with Crippen LogP contribution < -0.4 is 10.6 Å². The van der Waals surface area contributed by atoms with Gasteiger partial charge < -0.3 is 10.6 Å². The van der Waals surface area contributed by atoms with E-state index >= 15 is 0 Å². The van der Waals surface area contributed by atoms with Gasteiger partial charge in [-0.05, 0) is 34.2 Å². The zero-order chi connectivity index (χ0) is 12.1. The SMILES string of the molecule is CCNC(C)(C)C(=O)NCC(C)(C)C#N. The summed E-state index contributed by atoms with van der Waals surface area (Å²) in [5.41, 5.74) is -1.10. The van der Waals surface area contributed by atoms with Crippen LogP contribution in [0.25, 0.3) is 0 Å². The average Bonchev–Trinajstić information content (AvgIpc) is 2.14. The van der Waals surface area contributed by atoms with Crippen LogP contribution in [0.2, 0.25) is 0 Å². The third-order valence-electron chi connectivity index (χ3n) is 2.18. The molecule has 86 valence electrons. The minimum absolute atomic E-state index is 0.0762. The first-order valence-corrected chi connectivity index (χ1v) is 5.20. The molecule has 15 heavy (non-hydrogen) atoms. The van der Waals surface area contributed by atoms with Crippen molar-refractivity contribution in [2.75, 3.05) is 13.1 Å². The zero-order valence-corrected chi connectivity index (χ0v) is 10.3. The second-order valence-electron chi connectivity index (χ2n) is 4.83. The van der Waals surface area contributed by atoms with Crippen molar-refractivity contribution in [3.05, 3.63) is 0 Å². The van der Waals surface area contributed by atoms with Gasteiger partial charge in [0.15, 0.2) is 0 Å². The Morgan fingerprint density at radius 3 is 2.27 bits per heavy atom. The molecule has 0 aromatic heterocycles. The maximum absolute atomic E-state index is 11.7. The highest BCUT2D eigenvalue weighted by atomic mass is 16.2. The number of carbonyl (C=O) groups is 1. The van der Waals surface area contributed by atoms with E-state index in [1.807, 2.05) is 20.8 Å². The molecule has 0 aromatic carbocycles. The molecule has 0 aliphatic carbocycles. The Morgan fingerprint density at radius 2 is 1.87 bits per heavy atom. The van der Waals surface area contributed by atoms with Gasteiger partial charge in [0.25, 0.3) is 0 Å². The number of rotatable bonds is 5. The lowest BCUT2D eigenvalue weighted by Crippen LogP contribution is -2.53. The largest absolute Gasteiger partial charge is 0.353 e. The fourth-order valence-electron chi connectivity index (χ4n) is 1.08. The number of carbonyl (C=O) groups excluding carboxylic acids is 1. The van der Waals surface area contributed by atoms with Crippen molar-refractivity contribution in [1.82, 2.24) is 10.6 Å². The molecule has 0 aromatic rings. The lowest BCUT2D eigenvalue weighted by atomic mass is 9.95. The third-order valence-corrected chi connectivity index (χ3v) is 2.18. The summed E-state index contributed by atoms with van der Waals surface area (Å²) in [5, 5.41) is 14.7. The van der Waals surface area contributed by atoms with Crippen LogP contribution in [0.4, 0.5) is 0 Å². The Kier molecular flexibility index (Phi) is 4.76. The molecule has 0 saturated heterocycles. The van der Waals surface area contributed by atoms with E-state index in [-0.39, 0.29) is 5.91 Å². The van der Waals surface area contributed by atoms with Crippen molar-refractivity contribution >= 4 is 5.91 Å². The lowest BCUT2D eigenvalue weighted by Gasteiger charge is -2.26. The van der Waals surface area contributed by atoms with Crippen LogP contribution in [0.3, 0.4) is 0 Å². The average molecular weight is 211 g/mol. The van der Waals surface area contributed by atoms with Gasteiger partial charge >= 0.3 is 0 Å². The van der Waals surface area contributed by atoms with Crippen LogP contribution in [-0.2, 0) is 4.79 Å². The Hall–Kier alpha value is -1.08. The first-order valence-electron chi connectivity index (χ1n) is 5.20. The summed E-state index contributed by atoms with van der Waals surface area (Å²) < 4.78 is 0. The number of hydrogen-bond acceptors (Lipinski definition) is 3. The van der Waals surface area contributed by atoms with E-state index in [1.165, 1.54) is 0 Å². The fraction of sp³-hybridized carbons (Fsp3) is 0.818. The van der Waals surface area contributed by atoms with Gasteiger partial charge in [-0.3, -0.25) is 4.79 Å². The number of hydrogen-bond donors (Lipinski definition) is 2. The predicted molar refractivity (Wildman–Crippen MR) is 60.2 cm³/mol. The summed E-state index contributed by atoms with van der Waals surface area (Å²) >= 11 is 0. The van der Waals surface area contributed by atoms with Crippen molar-refractivity contribution in [3.63, 3.8) is 0 Å². The number of nitrogens with zero attached hydrogens (tertiary/aromatic N) is 1. The quantitative estimate of drug-likeness (QED) is 0.714. The Labute approximate surface area is 92.0 Å². The van der Waals surface area contributed by atoms with Crippen molar-refractivity contribution < 1.29 is 4.79 Å². The molecule has 2 N–H and O–H groups in total. The number of amides is 1. The van der Waals surface area contributed by atoms with Gasteiger partial charge in [-0.15, -0.1) is 0 Å². The van der Waals surface area contributed by atoms with Crippen LogP contribution in [0.15, 0.2) is 0 Å². The Bertz CT molecular complexity index is 263. The molecule has 0 fully saturated rings. The van der Waals surface area contributed by atoms with E-state index in [0.717, 1.165) is 6.54 Å². The van der Waals surface area contributed by atoms with E-state index in [0.29, 0.717) is 6.54 Å². The summed E-state index contributed by atoms with van der Waals surface area (Å²) in [6.07, 6.45) is 0. The lowest BCUT2D eigenvalue weighted by molar-refractivity contribution is -0.126. The van der Waals surface area contributed by atoms with Crippen LogP contribution in [0.5, 0.6) is 0 Å². The number of likely N-dealkylation sites (N-methyl/N-ethyl adjacent to an activating group) is 1. The molecule has 0 atom stereocenters. The van der Waals surface area contributed by atoms with E-state index in [2.05, 4.69) is 16.7 Å². The topological polar surface area (TPSA) is 64.9 Å². The van der Waals surface area contributed by atoms with Crippen LogP contribution in [-0.4, -0.2) is 24.5 Å². The molecule has 0 saturated carbocycles. The molecule has 0 spiro atoms. The van der Waals surface area contributed by atoms with Gasteiger partial charge in [-0.25, -0.2) is 0 Å². The third kappa shape index (κ3) is 4.80. The zero-order valence-electron chi connectivity index (χ0n) is 10.3. The van der Waals surface area contributed by atoms with Gasteiger partial charge in [-0.2, -0.15) is 5.26 Å². The van der Waals surface area contributed by atoms with Crippen molar-refractivity contribution in [3.8, 4) is 6.07 Å². The smallest absolute Gasteiger partial charge is 0.239 e. The molecule has 4 nitrogen and oxygen atoms in total. The van der Waals surface area contributed by atoms with Crippen LogP contribution in [0, 0.1) is 16.7 Å². The Morgan fingerprint density at radius 1 is 1.33 bits per heavy atom. The van der Waals surface area contributed by atoms with Crippen molar-refractivity contribution in [1.29, 1.82) is 5.26 Å². The standard InChI is InChI=1S/C11H21N3O/c1-6-14-11(4,5)9(15)13-8-10(2,3)7-12/h14H,6,8H2,1-5H3,(H,13,15). The number of nitriles is 1. The van der Waals surface area contributed by atoms with Crippen molar-refractivity contribution in [2.45, 2.75) is 40.2 Å². The van der Waals surface area contributed by atoms with E-state index in [1.54, 1.807) is 13.8 Å². The normalized spacial score (nSPS) is 12.0. The van der Waals surface area contributed by atoms with Crippen LogP contribution in [0.1, 0.15) is 34.6 Å². The molecule has 0 aliphatic rings. The summed E-state index contributed by atoms with van der Waals surface area (Å²) in [6, 6.07) is 2.14. The second-order valence-corrected chi connectivity index (χ2v) is 4.83. The number of nitrogens with one attached hydrogen (secondary N) is 2. The minimum atomic E-state index is -0.583. The van der Waals surface area contributed by atoms with Crippen LogP contribution >= 0.6 is 0 Å². The van der Waals surface area contributed by atoms with E-state index < -0.39 is 11.0 Å².